The molecule has 2 saturated carbocycles. The molecule has 5 heteroatoms. The second-order valence-corrected chi connectivity index (χ2v) is 9.87. The molecule has 2 heterocycles. The van der Waals surface area contributed by atoms with E-state index < -0.39 is 0 Å². The van der Waals surface area contributed by atoms with Crippen molar-refractivity contribution in [3.63, 3.8) is 0 Å². The van der Waals surface area contributed by atoms with Crippen LogP contribution in [0.15, 0.2) is 0 Å². The first-order valence-corrected chi connectivity index (χ1v) is 11.3. The lowest BCUT2D eigenvalue weighted by atomic mass is 9.72. The van der Waals surface area contributed by atoms with Crippen LogP contribution in [-0.4, -0.2) is 40.7 Å². The van der Waals surface area contributed by atoms with E-state index >= 15 is 0 Å². The van der Waals surface area contributed by atoms with Crippen LogP contribution in [0.4, 0.5) is 0 Å². The molecule has 4 nitrogen and oxygen atoms in total. The molecule has 0 amide bonds. The fourth-order valence-corrected chi connectivity index (χ4v) is 7.05. The van der Waals surface area contributed by atoms with Gasteiger partial charge in [-0.3, -0.25) is 16.0 Å². The molecule has 138 valence electrons. The van der Waals surface area contributed by atoms with Gasteiger partial charge < -0.3 is 5.11 Å². The summed E-state index contributed by atoms with van der Waals surface area (Å²) in [7, 11) is 0. The van der Waals surface area contributed by atoms with Crippen LogP contribution < -0.4 is 16.0 Å². The van der Waals surface area contributed by atoms with Crippen molar-refractivity contribution in [1.29, 1.82) is 0 Å². The van der Waals surface area contributed by atoms with E-state index in [4.69, 9.17) is 0 Å². The molecule has 4 N–H and O–H groups in total. The topological polar surface area (TPSA) is 56.3 Å². The molecule has 0 spiro atoms. The number of thioether (sulfide) groups is 1. The minimum atomic E-state index is -0.290. The monoisotopic (exact) mass is 353 g/mol. The summed E-state index contributed by atoms with van der Waals surface area (Å²) in [5.74, 6) is 2.00. The number of fused-ring (bicyclic) bond motifs is 3. The molecule has 7 atom stereocenters. The smallest absolute Gasteiger partial charge is 0.107 e. The zero-order valence-electron chi connectivity index (χ0n) is 15.0. The van der Waals surface area contributed by atoms with Crippen LogP contribution in [0.1, 0.15) is 64.7 Å². The van der Waals surface area contributed by atoms with Gasteiger partial charge in [0.15, 0.2) is 0 Å². The van der Waals surface area contributed by atoms with Gasteiger partial charge >= 0.3 is 0 Å². The van der Waals surface area contributed by atoms with Crippen molar-refractivity contribution in [3.8, 4) is 0 Å². The Kier molecular flexibility index (Phi) is 5.74. The Labute approximate surface area is 151 Å². The van der Waals surface area contributed by atoms with Crippen molar-refractivity contribution >= 4 is 11.8 Å². The third kappa shape index (κ3) is 3.66. The molecule has 0 aromatic rings. The van der Waals surface area contributed by atoms with E-state index in [0.717, 1.165) is 17.6 Å². The number of hydrogen-bond donors (Lipinski definition) is 4. The average Bonchev–Trinajstić information content (AvgIpc) is 3.03. The summed E-state index contributed by atoms with van der Waals surface area (Å²) in [6, 6.07) is 1.13. The third-order valence-electron chi connectivity index (χ3n) is 7.04. The molecule has 7 unspecified atom stereocenters. The van der Waals surface area contributed by atoms with Crippen LogP contribution in [0.25, 0.3) is 0 Å². The van der Waals surface area contributed by atoms with E-state index in [2.05, 4.69) is 34.6 Å². The Bertz CT molecular complexity index is 417. The summed E-state index contributed by atoms with van der Waals surface area (Å²) in [4.78, 5) is 0. The molecule has 0 aromatic heterocycles. The fourth-order valence-electron chi connectivity index (χ4n) is 5.55. The lowest BCUT2D eigenvalue weighted by Gasteiger charge is -2.47. The van der Waals surface area contributed by atoms with Crippen molar-refractivity contribution in [1.82, 2.24) is 16.0 Å². The van der Waals surface area contributed by atoms with Gasteiger partial charge in [-0.2, -0.15) is 0 Å². The highest BCUT2D eigenvalue weighted by Gasteiger charge is 2.48. The molecular weight excluding hydrogens is 318 g/mol. The average molecular weight is 354 g/mol. The van der Waals surface area contributed by atoms with Crippen molar-refractivity contribution < 1.29 is 5.11 Å². The van der Waals surface area contributed by atoms with Gasteiger partial charge in [-0.1, -0.05) is 26.2 Å². The largest absolute Gasteiger partial charge is 0.378 e. The highest BCUT2D eigenvalue weighted by Crippen LogP contribution is 2.44. The van der Waals surface area contributed by atoms with E-state index in [9.17, 15) is 5.11 Å². The third-order valence-corrected chi connectivity index (χ3v) is 8.50. The SMILES string of the molecule is CCC1CC2C(CCC3SC(NCC4CCCCC4)NC32)NC1O. The molecule has 4 aliphatic rings. The Morgan fingerprint density at radius 3 is 2.71 bits per heavy atom. The summed E-state index contributed by atoms with van der Waals surface area (Å²) in [6.07, 6.45) is 11.6. The summed E-state index contributed by atoms with van der Waals surface area (Å²) in [5, 5.41) is 22.3. The predicted octanol–water partition coefficient (Wildman–Crippen LogP) is 2.63. The van der Waals surface area contributed by atoms with E-state index in [-0.39, 0.29) is 6.23 Å². The molecule has 4 fully saturated rings. The fraction of sp³-hybridized carbons (Fsp3) is 1.00. The second kappa shape index (κ2) is 7.83. The summed E-state index contributed by atoms with van der Waals surface area (Å²) < 4.78 is 0. The first kappa shape index (κ1) is 17.6. The van der Waals surface area contributed by atoms with Gasteiger partial charge in [0.2, 0.25) is 0 Å². The lowest BCUT2D eigenvalue weighted by Crippen LogP contribution is -2.61. The van der Waals surface area contributed by atoms with Gasteiger partial charge in [0.25, 0.3) is 0 Å². The normalized spacial score (nSPS) is 46.5. The molecule has 2 saturated heterocycles. The minimum absolute atomic E-state index is 0.290. The van der Waals surface area contributed by atoms with Crippen LogP contribution in [0.3, 0.4) is 0 Å². The number of hydrogen-bond acceptors (Lipinski definition) is 5. The number of aliphatic hydroxyl groups is 1. The zero-order valence-corrected chi connectivity index (χ0v) is 15.9. The molecule has 2 aliphatic heterocycles. The molecule has 24 heavy (non-hydrogen) atoms. The number of nitrogens with one attached hydrogen (secondary N) is 3. The van der Waals surface area contributed by atoms with Gasteiger partial charge in [0.05, 0.1) is 0 Å². The van der Waals surface area contributed by atoms with Crippen LogP contribution in [-0.2, 0) is 0 Å². The molecular formula is C19H35N3OS. The first-order chi connectivity index (χ1) is 11.7. The van der Waals surface area contributed by atoms with E-state index in [1.165, 1.54) is 57.9 Å². The molecule has 0 radical (unpaired) electrons. The second-order valence-electron chi connectivity index (χ2n) is 8.52. The van der Waals surface area contributed by atoms with Crippen molar-refractivity contribution in [2.75, 3.05) is 6.54 Å². The maximum atomic E-state index is 10.3. The molecule has 0 bridgehead atoms. The quantitative estimate of drug-likeness (QED) is 0.626. The predicted molar refractivity (Wildman–Crippen MR) is 101 cm³/mol. The van der Waals surface area contributed by atoms with Crippen LogP contribution in [0.5, 0.6) is 0 Å². The Morgan fingerprint density at radius 2 is 1.92 bits per heavy atom. The summed E-state index contributed by atoms with van der Waals surface area (Å²) in [5.41, 5.74) is 0.438. The van der Waals surface area contributed by atoms with Gasteiger partial charge in [0, 0.05) is 23.9 Å². The Hall–Kier alpha value is 0.190. The van der Waals surface area contributed by atoms with Crippen LogP contribution in [0.2, 0.25) is 0 Å². The Morgan fingerprint density at radius 1 is 1.08 bits per heavy atom. The highest BCUT2D eigenvalue weighted by molar-refractivity contribution is 8.00. The number of rotatable bonds is 4. The highest BCUT2D eigenvalue weighted by atomic mass is 32.2. The van der Waals surface area contributed by atoms with Crippen LogP contribution >= 0.6 is 11.8 Å². The molecule has 4 rings (SSSR count). The van der Waals surface area contributed by atoms with Gasteiger partial charge in [-0.05, 0) is 56.3 Å². The lowest BCUT2D eigenvalue weighted by molar-refractivity contribution is -0.0150. The Balaban J connectivity index is 1.32. The number of aliphatic hydroxyl groups excluding tert-OH is 1. The van der Waals surface area contributed by atoms with E-state index in [1.54, 1.807) is 0 Å². The standard InChI is InChI=1S/C19H35N3OS/c1-2-13-10-14-15(21-18(13)23)8-9-16-17(14)22-19(24-16)20-11-12-6-4-3-5-7-12/h12-23H,2-11H2,1H3. The van der Waals surface area contributed by atoms with E-state index in [0.29, 0.717) is 29.4 Å². The molecule has 2 aliphatic carbocycles. The zero-order chi connectivity index (χ0) is 16.5. The number of piperidine rings is 1. The maximum Gasteiger partial charge on any atom is 0.107 e. The van der Waals surface area contributed by atoms with Crippen molar-refractivity contribution in [2.24, 2.45) is 17.8 Å². The first-order valence-electron chi connectivity index (χ1n) is 10.3. The summed E-state index contributed by atoms with van der Waals surface area (Å²) >= 11 is 2.14. The summed E-state index contributed by atoms with van der Waals surface area (Å²) in [6.45, 7) is 3.40. The van der Waals surface area contributed by atoms with Gasteiger partial charge in [-0.25, -0.2) is 0 Å². The van der Waals surface area contributed by atoms with Gasteiger partial charge in [-0.15, -0.1) is 11.8 Å². The molecule has 0 aromatic carbocycles. The minimum Gasteiger partial charge on any atom is -0.378 e. The van der Waals surface area contributed by atoms with E-state index in [1.807, 2.05) is 0 Å². The van der Waals surface area contributed by atoms with Crippen molar-refractivity contribution in [2.45, 2.75) is 93.8 Å². The maximum absolute atomic E-state index is 10.3. The van der Waals surface area contributed by atoms with Gasteiger partial charge in [0.1, 0.15) is 11.7 Å². The van der Waals surface area contributed by atoms with Crippen LogP contribution in [0, 0.1) is 17.8 Å². The van der Waals surface area contributed by atoms with Crippen molar-refractivity contribution in [3.05, 3.63) is 0 Å².